The molecule has 4 rings (SSSR count). The van der Waals surface area contributed by atoms with E-state index in [2.05, 4.69) is 26.0 Å². The third-order valence-corrected chi connectivity index (χ3v) is 5.29. The van der Waals surface area contributed by atoms with Gasteiger partial charge in [-0.1, -0.05) is 23.4 Å². The van der Waals surface area contributed by atoms with E-state index in [0.717, 1.165) is 17.8 Å². The summed E-state index contributed by atoms with van der Waals surface area (Å²) in [5.41, 5.74) is 2.10. The Bertz CT molecular complexity index is 966. The van der Waals surface area contributed by atoms with E-state index >= 15 is 0 Å². The fourth-order valence-electron chi connectivity index (χ4n) is 3.66. The summed E-state index contributed by atoms with van der Waals surface area (Å²) in [6.07, 6.45) is 5.68. The summed E-state index contributed by atoms with van der Waals surface area (Å²) < 4.78 is 3.49. The van der Waals surface area contributed by atoms with Gasteiger partial charge in [-0.3, -0.25) is 9.48 Å². The van der Waals surface area contributed by atoms with Crippen LogP contribution in [0.15, 0.2) is 48.9 Å². The van der Waals surface area contributed by atoms with E-state index in [4.69, 9.17) is 0 Å². The van der Waals surface area contributed by atoms with Gasteiger partial charge in [0.15, 0.2) is 0 Å². The first-order chi connectivity index (χ1) is 13.4. The number of amides is 1. The normalized spacial score (nSPS) is 19.0. The van der Waals surface area contributed by atoms with Crippen molar-refractivity contribution in [2.75, 3.05) is 13.1 Å². The molecule has 29 heavy (non-hydrogen) atoms. The molecule has 3 aromatic rings. The van der Waals surface area contributed by atoms with Crippen molar-refractivity contribution in [1.29, 1.82) is 0 Å². The average Bonchev–Trinajstić information content (AvgIpc) is 3.42. The lowest BCUT2D eigenvalue weighted by atomic mass is 9.89. The zero-order valence-corrected chi connectivity index (χ0v) is 17.6. The molecule has 0 spiro atoms. The molecule has 0 unspecified atom stereocenters. The number of aryl methyl sites for hydroxylation is 1. The molecule has 2 N–H and O–H groups in total. The molecule has 1 aliphatic rings. The number of carbonyl (C=O) groups is 1. The molecule has 2 aromatic heterocycles. The maximum absolute atomic E-state index is 13.1. The highest BCUT2D eigenvalue weighted by Crippen LogP contribution is 2.29. The first-order valence-corrected chi connectivity index (χ1v) is 9.43. The van der Waals surface area contributed by atoms with Crippen LogP contribution in [0.2, 0.25) is 0 Å². The predicted octanol–water partition coefficient (Wildman–Crippen LogP) is 1.78. The molecule has 2 atom stereocenters. The van der Waals surface area contributed by atoms with Crippen LogP contribution in [-0.2, 0) is 17.4 Å². The first kappa shape index (κ1) is 21.0. The van der Waals surface area contributed by atoms with Crippen molar-refractivity contribution >= 4 is 18.3 Å². The number of benzene rings is 1. The van der Waals surface area contributed by atoms with Gasteiger partial charge < -0.3 is 10.6 Å². The van der Waals surface area contributed by atoms with Crippen LogP contribution in [0.4, 0.5) is 0 Å². The summed E-state index contributed by atoms with van der Waals surface area (Å²) in [4.78, 5) is 13.1. The van der Waals surface area contributed by atoms with Gasteiger partial charge in [0.05, 0.1) is 29.5 Å². The molecule has 0 aliphatic carbocycles. The standard InChI is InChI=1S/C20H25N7O.ClH/c1-20(2,18-13-27(25-24-18)15-7-5-4-6-8-15)23-19(28)17-11-21-10-16(17)14-9-22-26(3)12-14;/h4-9,12-13,16-17,21H,10-11H2,1-3H3,(H,23,28);1H/t16-,17+;/m1./s1. The fourth-order valence-corrected chi connectivity index (χ4v) is 3.66. The van der Waals surface area contributed by atoms with Crippen LogP contribution in [0.1, 0.15) is 31.0 Å². The Kier molecular flexibility index (Phi) is 6.04. The predicted molar refractivity (Wildman–Crippen MR) is 112 cm³/mol. The second-order valence-electron chi connectivity index (χ2n) is 7.82. The first-order valence-electron chi connectivity index (χ1n) is 9.43. The number of hydrogen-bond donors (Lipinski definition) is 2. The highest BCUT2D eigenvalue weighted by molar-refractivity contribution is 5.85. The van der Waals surface area contributed by atoms with E-state index in [9.17, 15) is 4.79 Å². The van der Waals surface area contributed by atoms with Crippen molar-refractivity contribution in [1.82, 2.24) is 35.4 Å². The summed E-state index contributed by atoms with van der Waals surface area (Å²) >= 11 is 0. The lowest BCUT2D eigenvalue weighted by Crippen LogP contribution is -2.45. The molecule has 0 saturated carbocycles. The van der Waals surface area contributed by atoms with Gasteiger partial charge in [0, 0.05) is 32.3 Å². The minimum absolute atomic E-state index is 0. The van der Waals surface area contributed by atoms with Crippen LogP contribution in [0, 0.1) is 5.92 Å². The summed E-state index contributed by atoms with van der Waals surface area (Å²) in [6, 6.07) is 9.80. The number of halogens is 1. The van der Waals surface area contributed by atoms with Crippen molar-refractivity contribution in [2.24, 2.45) is 13.0 Å². The SMILES string of the molecule is Cl.Cn1cc([C@H]2CNC[C@@H]2C(=O)NC(C)(C)c2cn(-c3ccccc3)nn2)cn1. The van der Waals surface area contributed by atoms with E-state index in [1.54, 1.807) is 9.36 Å². The second-order valence-corrected chi connectivity index (χ2v) is 7.82. The number of aromatic nitrogens is 5. The van der Waals surface area contributed by atoms with Gasteiger partial charge in [-0.05, 0) is 31.5 Å². The minimum Gasteiger partial charge on any atom is -0.345 e. The van der Waals surface area contributed by atoms with Crippen molar-refractivity contribution < 1.29 is 4.79 Å². The Balaban J connectivity index is 0.00000240. The number of nitrogens with zero attached hydrogens (tertiary/aromatic N) is 5. The Hall–Kier alpha value is -2.71. The van der Waals surface area contributed by atoms with Crippen molar-refractivity contribution in [3.8, 4) is 5.69 Å². The number of para-hydroxylation sites is 1. The number of carbonyl (C=O) groups excluding carboxylic acids is 1. The number of hydrogen-bond acceptors (Lipinski definition) is 5. The maximum atomic E-state index is 13.1. The maximum Gasteiger partial charge on any atom is 0.225 e. The summed E-state index contributed by atoms with van der Waals surface area (Å²) in [5, 5.41) is 19.2. The second kappa shape index (κ2) is 8.34. The summed E-state index contributed by atoms with van der Waals surface area (Å²) in [6.45, 7) is 5.32. The number of rotatable bonds is 5. The van der Waals surface area contributed by atoms with Gasteiger partial charge in [0.25, 0.3) is 0 Å². The smallest absolute Gasteiger partial charge is 0.225 e. The van der Waals surface area contributed by atoms with E-state index < -0.39 is 5.54 Å². The Morgan fingerprint density at radius 3 is 2.66 bits per heavy atom. The Labute approximate surface area is 176 Å². The number of nitrogens with one attached hydrogen (secondary N) is 2. The molecule has 0 radical (unpaired) electrons. The van der Waals surface area contributed by atoms with Gasteiger partial charge >= 0.3 is 0 Å². The zero-order chi connectivity index (χ0) is 19.7. The van der Waals surface area contributed by atoms with Crippen molar-refractivity contribution in [3.63, 3.8) is 0 Å². The van der Waals surface area contributed by atoms with Gasteiger partial charge in [-0.25, -0.2) is 4.68 Å². The molecular formula is C20H26ClN7O. The van der Waals surface area contributed by atoms with Gasteiger partial charge in [-0.15, -0.1) is 17.5 Å². The quantitative estimate of drug-likeness (QED) is 0.663. The van der Waals surface area contributed by atoms with Gasteiger partial charge in [-0.2, -0.15) is 5.10 Å². The fraction of sp³-hybridized carbons (Fsp3) is 0.400. The van der Waals surface area contributed by atoms with Crippen LogP contribution >= 0.6 is 12.4 Å². The van der Waals surface area contributed by atoms with Crippen LogP contribution in [-0.4, -0.2) is 43.8 Å². The third-order valence-electron chi connectivity index (χ3n) is 5.29. The molecule has 1 fully saturated rings. The van der Waals surface area contributed by atoms with E-state index in [1.807, 2.05) is 69.8 Å². The van der Waals surface area contributed by atoms with Crippen LogP contribution in [0.5, 0.6) is 0 Å². The molecule has 1 saturated heterocycles. The van der Waals surface area contributed by atoms with Crippen LogP contribution in [0.3, 0.4) is 0 Å². The Morgan fingerprint density at radius 1 is 1.21 bits per heavy atom. The van der Waals surface area contributed by atoms with Crippen LogP contribution < -0.4 is 10.6 Å². The van der Waals surface area contributed by atoms with Gasteiger partial charge in [0.2, 0.25) is 5.91 Å². The lowest BCUT2D eigenvalue weighted by Gasteiger charge is -2.27. The molecule has 0 bridgehead atoms. The van der Waals surface area contributed by atoms with E-state index in [-0.39, 0.29) is 30.2 Å². The lowest BCUT2D eigenvalue weighted by molar-refractivity contribution is -0.126. The summed E-state index contributed by atoms with van der Waals surface area (Å²) in [5.74, 6) is -0.0183. The molecule has 1 aliphatic heterocycles. The molecule has 8 nitrogen and oxygen atoms in total. The van der Waals surface area contributed by atoms with Gasteiger partial charge in [0.1, 0.15) is 5.69 Å². The average molecular weight is 416 g/mol. The minimum atomic E-state index is -0.633. The van der Waals surface area contributed by atoms with Crippen molar-refractivity contribution in [3.05, 3.63) is 60.2 Å². The largest absolute Gasteiger partial charge is 0.345 e. The van der Waals surface area contributed by atoms with Crippen LogP contribution in [0.25, 0.3) is 5.69 Å². The molecule has 1 amide bonds. The Morgan fingerprint density at radius 2 is 1.97 bits per heavy atom. The monoisotopic (exact) mass is 415 g/mol. The molecular weight excluding hydrogens is 390 g/mol. The van der Waals surface area contributed by atoms with Crippen molar-refractivity contribution in [2.45, 2.75) is 25.3 Å². The van der Waals surface area contributed by atoms with E-state index in [0.29, 0.717) is 12.2 Å². The molecule has 154 valence electrons. The molecule has 1 aromatic carbocycles. The molecule has 3 heterocycles. The molecule has 9 heteroatoms. The third kappa shape index (κ3) is 4.33. The highest BCUT2D eigenvalue weighted by atomic mass is 35.5. The highest BCUT2D eigenvalue weighted by Gasteiger charge is 2.37. The van der Waals surface area contributed by atoms with E-state index in [1.165, 1.54) is 0 Å². The zero-order valence-electron chi connectivity index (χ0n) is 16.7. The topological polar surface area (TPSA) is 89.7 Å². The summed E-state index contributed by atoms with van der Waals surface area (Å²) in [7, 11) is 1.89.